The first-order chi connectivity index (χ1) is 24.5. The molecule has 0 N–H and O–H groups in total. The number of hydrogen-bond acceptors (Lipinski definition) is 0. The van der Waals surface area contributed by atoms with Crippen LogP contribution in [-0.2, 0) is 35.1 Å². The molecule has 7 aromatic carbocycles. The van der Waals surface area contributed by atoms with Gasteiger partial charge >= 0.3 is 97.3 Å². The van der Waals surface area contributed by atoms with E-state index < -0.39 is 0 Å². The number of allylic oxidation sites excluding steroid dienone is 4. The van der Waals surface area contributed by atoms with Gasteiger partial charge < -0.3 is 24.8 Å². The molecule has 8 rings (SSSR count). The van der Waals surface area contributed by atoms with E-state index in [-0.39, 0.29) is 35.6 Å². The van der Waals surface area contributed by atoms with Gasteiger partial charge in [0, 0.05) is 0 Å². The summed E-state index contributed by atoms with van der Waals surface area (Å²) in [6.45, 7) is 13.9. The Labute approximate surface area is 348 Å². The molecule has 0 bridgehead atoms. The van der Waals surface area contributed by atoms with Crippen molar-refractivity contribution < 1.29 is 49.0 Å². The standard InChI is InChI=1S/C33H33.C11H7Cl.C5H5.2ClH.Zr/c1-32(2,3)30-20-26-24(18-28(30)22-13-9-7-10-14-22)17-25-19-29(23-15-11-8-12-16-23)31(21-27(25)26)33(4,5)6;1-8-4-2-6-10-9(8)5-3-7-11(10)12;1-2-4-5-3-1;;;/h7-21H,1-6H3;1-7H;1-3H,4H2;2*1H;/q-1;;-1;;;+2/p-2. The van der Waals surface area contributed by atoms with Gasteiger partial charge in [-0.3, -0.25) is 6.08 Å². The van der Waals surface area contributed by atoms with Crippen molar-refractivity contribution in [2.45, 2.75) is 58.8 Å². The molecule has 268 valence electrons. The van der Waals surface area contributed by atoms with E-state index >= 15 is 0 Å². The van der Waals surface area contributed by atoms with Crippen molar-refractivity contribution in [2.24, 2.45) is 0 Å². The molecule has 0 radical (unpaired) electrons. The van der Waals surface area contributed by atoms with Gasteiger partial charge in [0.2, 0.25) is 0 Å². The van der Waals surface area contributed by atoms with Gasteiger partial charge in [-0.25, -0.2) is 12.2 Å². The second-order valence-corrected chi connectivity index (χ2v) is 16.3. The summed E-state index contributed by atoms with van der Waals surface area (Å²) in [5.41, 5.74) is 9.44. The Balaban J connectivity index is 0.000000258. The summed E-state index contributed by atoms with van der Waals surface area (Å²) >= 11 is 7.49. The molecule has 0 fully saturated rings. The van der Waals surface area contributed by atoms with Gasteiger partial charge in [-0.2, -0.15) is 6.08 Å². The first-order valence-electron chi connectivity index (χ1n) is 17.7. The van der Waals surface area contributed by atoms with Crippen molar-refractivity contribution in [1.82, 2.24) is 0 Å². The molecular weight excluding hydrogens is 786 g/mol. The summed E-state index contributed by atoms with van der Waals surface area (Å²) in [6, 6.07) is 46.0. The molecule has 7 aromatic rings. The van der Waals surface area contributed by atoms with Crippen LogP contribution in [0.2, 0.25) is 5.02 Å². The topological polar surface area (TPSA) is 0 Å². The maximum absolute atomic E-state index is 6.08. The largest absolute Gasteiger partial charge is 1.00 e. The van der Waals surface area contributed by atoms with Gasteiger partial charge in [-0.05, 0) is 44.2 Å². The van der Waals surface area contributed by atoms with Crippen molar-refractivity contribution in [2.75, 3.05) is 0 Å². The SMILES string of the molecule is CC(C)(C)c1cc2c(cc1-c1ccccc1)[cH-]c1cc(-c3ccccc3)c(C(C)(C)C)cc12.Clc1cccc2c([CH]=[Zr+2])cccc12.[C-]1=CC=CC1.[Cl-].[Cl-]. The van der Waals surface area contributed by atoms with Crippen LogP contribution >= 0.6 is 11.6 Å². The molecule has 0 saturated heterocycles. The molecule has 1 aliphatic carbocycles. The predicted octanol–water partition coefficient (Wildman–Crippen LogP) is 8.14. The van der Waals surface area contributed by atoms with Crippen molar-refractivity contribution >= 4 is 47.6 Å². The summed E-state index contributed by atoms with van der Waals surface area (Å²) < 4.78 is 2.19. The van der Waals surface area contributed by atoms with Crippen LogP contribution in [0.1, 0.15) is 64.7 Å². The van der Waals surface area contributed by atoms with Gasteiger partial charge in [0.25, 0.3) is 0 Å². The third kappa shape index (κ3) is 9.81. The Kier molecular flexibility index (Phi) is 14.6. The van der Waals surface area contributed by atoms with E-state index in [9.17, 15) is 0 Å². The molecule has 0 amide bonds. The fourth-order valence-corrected chi connectivity index (χ4v) is 7.68. The molecule has 0 nitrogen and oxygen atoms in total. The quantitative estimate of drug-likeness (QED) is 0.158. The third-order valence-electron chi connectivity index (χ3n) is 9.41. The maximum atomic E-state index is 6.08. The van der Waals surface area contributed by atoms with Crippen LogP contribution in [0, 0.1) is 6.08 Å². The van der Waals surface area contributed by atoms with Crippen LogP contribution in [0.15, 0.2) is 146 Å². The summed E-state index contributed by atoms with van der Waals surface area (Å²) in [5, 5.41) is 8.58. The third-order valence-corrected chi connectivity index (χ3v) is 10.5. The minimum Gasteiger partial charge on any atom is -1.00 e. The molecule has 0 unspecified atom stereocenters. The Hall–Kier alpha value is -3.45. The van der Waals surface area contributed by atoms with Crippen LogP contribution in [-0.4, -0.2) is 3.71 Å². The zero-order valence-electron chi connectivity index (χ0n) is 31.3. The molecular formula is C49H45Cl3Zr-2. The van der Waals surface area contributed by atoms with Crippen LogP contribution < -0.4 is 24.8 Å². The van der Waals surface area contributed by atoms with Crippen LogP contribution in [0.3, 0.4) is 0 Å². The van der Waals surface area contributed by atoms with E-state index in [1.807, 2.05) is 30.4 Å². The summed E-state index contributed by atoms with van der Waals surface area (Å²) in [6.07, 6.45) is 10.0. The second kappa shape index (κ2) is 18.3. The first kappa shape index (κ1) is 42.3. The van der Waals surface area contributed by atoms with E-state index in [1.165, 1.54) is 90.1 Å². The Morgan fingerprint density at radius 3 is 1.51 bits per heavy atom. The zero-order chi connectivity index (χ0) is 36.2. The molecule has 0 aliphatic heterocycles. The molecule has 1 aliphatic rings. The van der Waals surface area contributed by atoms with Crippen LogP contribution in [0.5, 0.6) is 0 Å². The van der Waals surface area contributed by atoms with Gasteiger partial charge in [-0.1, -0.05) is 114 Å². The van der Waals surface area contributed by atoms with Gasteiger partial charge in [-0.15, -0.1) is 46.2 Å². The molecule has 0 atom stereocenters. The zero-order valence-corrected chi connectivity index (χ0v) is 36.0. The van der Waals surface area contributed by atoms with E-state index in [4.69, 9.17) is 11.6 Å². The summed E-state index contributed by atoms with van der Waals surface area (Å²) in [4.78, 5) is 0. The van der Waals surface area contributed by atoms with E-state index in [0.717, 1.165) is 16.8 Å². The van der Waals surface area contributed by atoms with Crippen LogP contribution in [0.25, 0.3) is 54.6 Å². The molecule has 4 heteroatoms. The van der Waals surface area contributed by atoms with Crippen molar-refractivity contribution in [3.8, 4) is 22.3 Å². The van der Waals surface area contributed by atoms with Crippen LogP contribution in [0.4, 0.5) is 0 Å². The number of halogens is 3. The van der Waals surface area contributed by atoms with E-state index in [2.05, 4.69) is 167 Å². The van der Waals surface area contributed by atoms with Gasteiger partial charge in [0.15, 0.2) is 0 Å². The summed E-state index contributed by atoms with van der Waals surface area (Å²) in [7, 11) is 0. The minimum absolute atomic E-state index is 0. The average Bonchev–Trinajstić information content (AvgIpc) is 3.83. The number of rotatable bonds is 3. The molecule has 0 aromatic heterocycles. The fraction of sp³-hybridized carbons (Fsp3) is 0.184. The molecule has 53 heavy (non-hydrogen) atoms. The Morgan fingerprint density at radius 2 is 1.09 bits per heavy atom. The fourth-order valence-electron chi connectivity index (χ4n) is 6.82. The Bertz CT molecular complexity index is 2250. The van der Waals surface area contributed by atoms with Crippen molar-refractivity contribution in [3.05, 3.63) is 173 Å². The maximum Gasteiger partial charge on any atom is -0.109 e. The van der Waals surface area contributed by atoms with Crippen molar-refractivity contribution in [3.63, 3.8) is 0 Å². The van der Waals surface area contributed by atoms with Crippen molar-refractivity contribution in [1.29, 1.82) is 0 Å². The second-order valence-electron chi connectivity index (χ2n) is 15.2. The average molecular weight is 831 g/mol. The van der Waals surface area contributed by atoms with Gasteiger partial charge in [0.05, 0.1) is 0 Å². The van der Waals surface area contributed by atoms with Gasteiger partial charge in [0.1, 0.15) is 0 Å². The monoisotopic (exact) mass is 828 g/mol. The number of benzene rings is 6. The van der Waals surface area contributed by atoms with E-state index in [1.54, 1.807) is 0 Å². The molecule has 0 saturated carbocycles. The summed E-state index contributed by atoms with van der Waals surface area (Å²) in [5.74, 6) is 0. The molecule has 0 heterocycles. The number of hydrogen-bond donors (Lipinski definition) is 0. The normalized spacial score (nSPS) is 12.0. The molecule has 0 spiro atoms. The minimum atomic E-state index is 0. The Morgan fingerprint density at radius 1 is 0.604 bits per heavy atom. The first-order valence-corrected chi connectivity index (χ1v) is 19.5. The number of fused-ring (bicyclic) bond motifs is 4. The predicted molar refractivity (Wildman–Crippen MR) is 221 cm³/mol. The smallest absolute Gasteiger partial charge is 0.109 e. The van der Waals surface area contributed by atoms with E-state index in [0.29, 0.717) is 0 Å².